The van der Waals surface area contributed by atoms with E-state index in [1.807, 2.05) is 71.9 Å². The lowest BCUT2D eigenvalue weighted by atomic mass is 9.84. The molecule has 2 N–H and O–H groups in total. The Balaban J connectivity index is -0.000000783. The van der Waals surface area contributed by atoms with Crippen LogP contribution in [0.5, 0.6) is 5.75 Å². The maximum absolute atomic E-state index is 10.9. The summed E-state index contributed by atoms with van der Waals surface area (Å²) in [5, 5.41) is 21.3. The monoisotopic (exact) mass is 757 g/mol. The maximum atomic E-state index is 10.9. The molecule has 1 heterocycles. The predicted molar refractivity (Wildman–Crippen MR) is 234 cm³/mol. The van der Waals surface area contributed by atoms with E-state index in [4.69, 9.17) is 21.7 Å². The summed E-state index contributed by atoms with van der Waals surface area (Å²) in [5.74, 6) is -0.100. The molecular weight excluding hydrogens is 685 g/mol. The number of pyridine rings is 1. The average molecular weight is 759 g/mol. The number of unbranched alkanes of at least 4 members (excludes halogenated alkanes) is 1. The van der Waals surface area contributed by atoms with Crippen molar-refractivity contribution in [1.82, 2.24) is 4.98 Å². The number of allylic oxidation sites excluding steroid dienone is 4. The lowest BCUT2D eigenvalue weighted by Crippen LogP contribution is -2.13. The van der Waals surface area contributed by atoms with Gasteiger partial charge in [-0.1, -0.05) is 157 Å². The van der Waals surface area contributed by atoms with Crippen molar-refractivity contribution < 1.29 is 19.8 Å². The van der Waals surface area contributed by atoms with Crippen LogP contribution in [0, 0.1) is 17.3 Å². The van der Waals surface area contributed by atoms with Gasteiger partial charge in [0.05, 0.1) is 5.69 Å². The number of aldehydes is 1. The Bertz CT molecular complexity index is 1410. The Morgan fingerprint density at radius 2 is 1.48 bits per heavy atom. The van der Waals surface area contributed by atoms with Crippen molar-refractivity contribution in [2.45, 2.75) is 141 Å². The number of carbonyl (C=O) groups excluding carboxylic acids is 1. The highest BCUT2D eigenvalue weighted by atomic mass is 35.5. The molecule has 52 heavy (non-hydrogen) atoms. The van der Waals surface area contributed by atoms with Crippen molar-refractivity contribution in [3.05, 3.63) is 83.1 Å². The van der Waals surface area contributed by atoms with E-state index in [2.05, 4.69) is 83.9 Å². The highest BCUT2D eigenvalue weighted by Crippen LogP contribution is 2.37. The number of aromatic nitrogens is 1. The van der Waals surface area contributed by atoms with Crippen LogP contribution in [0.15, 0.2) is 66.8 Å². The number of carbonyl (C=O) groups is 2. The predicted octanol–water partition coefficient (Wildman–Crippen LogP) is 13.6. The molecule has 0 bridgehead atoms. The Kier molecular flexibility index (Phi) is 29.2. The fraction of sp³-hybridized carbons (Fsp3) is 0.533. The van der Waals surface area contributed by atoms with Gasteiger partial charge in [0, 0.05) is 27.6 Å². The minimum atomic E-state index is -0.778. The highest BCUT2D eigenvalue weighted by Gasteiger charge is 2.23. The van der Waals surface area contributed by atoms with E-state index in [1.165, 1.54) is 12.8 Å². The van der Waals surface area contributed by atoms with Gasteiger partial charge < -0.3 is 15.0 Å². The van der Waals surface area contributed by atoms with E-state index >= 15 is 0 Å². The molecule has 294 valence electrons. The molecule has 2 aromatic rings. The third-order valence-electron chi connectivity index (χ3n) is 8.12. The molecule has 0 amide bonds. The Hall–Kier alpha value is -3.01. The molecule has 5 nitrogen and oxygen atoms in total. The molecule has 0 spiro atoms. The Morgan fingerprint density at radius 3 is 1.79 bits per heavy atom. The van der Waals surface area contributed by atoms with E-state index in [0.29, 0.717) is 16.3 Å². The van der Waals surface area contributed by atoms with Gasteiger partial charge in [-0.25, -0.2) is 9.78 Å². The van der Waals surface area contributed by atoms with Crippen LogP contribution in [0.25, 0.3) is 17.3 Å². The van der Waals surface area contributed by atoms with Gasteiger partial charge in [-0.2, -0.15) is 0 Å². The second kappa shape index (κ2) is 28.5. The lowest BCUT2D eigenvalue weighted by molar-refractivity contribution is -0.133. The number of hydrogen-bond donors (Lipinski definition) is 2. The molecule has 0 saturated heterocycles. The molecule has 2 rings (SSSR count). The van der Waals surface area contributed by atoms with Crippen LogP contribution < -0.4 is 5.30 Å². The smallest absolute Gasteiger partial charge is 0.331 e. The summed E-state index contributed by atoms with van der Waals surface area (Å²) in [6.07, 6.45) is 15.0. The van der Waals surface area contributed by atoms with Gasteiger partial charge in [0.2, 0.25) is 0 Å². The molecule has 0 aliphatic rings. The zero-order valence-electron chi connectivity index (χ0n) is 35.1. The molecule has 7 heteroatoms. The van der Waals surface area contributed by atoms with Crippen LogP contribution in [0.1, 0.15) is 147 Å². The van der Waals surface area contributed by atoms with Crippen molar-refractivity contribution in [1.29, 1.82) is 0 Å². The second-order valence-electron chi connectivity index (χ2n) is 14.9. The van der Waals surface area contributed by atoms with Crippen molar-refractivity contribution in [2.75, 3.05) is 0 Å². The van der Waals surface area contributed by atoms with Crippen molar-refractivity contribution in [2.24, 2.45) is 17.3 Å². The fourth-order valence-electron chi connectivity index (χ4n) is 4.35. The zero-order valence-corrected chi connectivity index (χ0v) is 37.0. The largest absolute Gasteiger partial charge is 0.505 e. The van der Waals surface area contributed by atoms with Crippen molar-refractivity contribution in [3.63, 3.8) is 0 Å². The number of halogens is 1. The first kappa shape index (κ1) is 53.3. The van der Waals surface area contributed by atoms with E-state index in [-0.39, 0.29) is 28.4 Å². The molecule has 0 fully saturated rings. The molecule has 1 aromatic heterocycles. The number of nitrogens with zero attached hydrogens (tertiary/aromatic N) is 1. The topological polar surface area (TPSA) is 87.5 Å². The molecule has 3 atom stereocenters. The number of rotatable bonds is 12. The molecular formula is C45H73ClNO4P. The van der Waals surface area contributed by atoms with Crippen molar-refractivity contribution in [3.8, 4) is 17.0 Å². The van der Waals surface area contributed by atoms with Crippen LogP contribution in [-0.4, -0.2) is 27.5 Å². The fourth-order valence-corrected chi connectivity index (χ4v) is 4.74. The summed E-state index contributed by atoms with van der Waals surface area (Å²) in [7, 11) is 2.66. The van der Waals surface area contributed by atoms with Gasteiger partial charge in [0.1, 0.15) is 17.7 Å². The molecule has 1 aromatic carbocycles. The third-order valence-corrected chi connectivity index (χ3v) is 9.13. The van der Waals surface area contributed by atoms with Gasteiger partial charge in [0.25, 0.3) is 0 Å². The average Bonchev–Trinajstić information content (AvgIpc) is 3.08. The van der Waals surface area contributed by atoms with Gasteiger partial charge in [-0.3, -0.25) is 0 Å². The van der Waals surface area contributed by atoms with Crippen molar-refractivity contribution >= 4 is 44.5 Å². The quantitative estimate of drug-likeness (QED) is 0.0974. The summed E-state index contributed by atoms with van der Waals surface area (Å²) in [4.78, 5) is 25.2. The maximum Gasteiger partial charge on any atom is 0.331 e. The van der Waals surface area contributed by atoms with Crippen LogP contribution in [0.4, 0.5) is 0 Å². The Morgan fingerprint density at radius 1 is 0.942 bits per heavy atom. The summed E-state index contributed by atoms with van der Waals surface area (Å²) >= 11 is 6.17. The SMILES string of the molecule is C=CC=C.CCC(C)C(C(=O)O)=C(C)C.CCC(C)C=O.CCCC.CCCC(C)(C)/C=C/c1nc(-c2ccc(Cl)c(P)c2)cc(C(C)(C)C)c1O. The molecule has 0 aliphatic carbocycles. The minimum absolute atomic E-state index is 0.0638. The molecule has 0 radical (unpaired) electrons. The van der Waals surface area contributed by atoms with E-state index in [9.17, 15) is 14.7 Å². The number of aromatic hydroxyl groups is 1. The second-order valence-corrected chi connectivity index (χ2v) is 15.9. The molecule has 0 saturated carbocycles. The zero-order chi connectivity index (χ0) is 41.2. The highest BCUT2D eigenvalue weighted by molar-refractivity contribution is 7.28. The van der Waals surface area contributed by atoms with Gasteiger partial charge in [0.15, 0.2) is 0 Å². The first-order chi connectivity index (χ1) is 24.1. The van der Waals surface area contributed by atoms with Crippen LogP contribution in [0.2, 0.25) is 5.02 Å². The molecule has 0 aliphatic heterocycles. The van der Waals surface area contributed by atoms with E-state index in [1.54, 1.807) is 12.2 Å². The number of aliphatic carboxylic acids is 1. The summed E-state index contributed by atoms with van der Waals surface area (Å²) < 4.78 is 0. The van der Waals surface area contributed by atoms with E-state index < -0.39 is 5.97 Å². The van der Waals surface area contributed by atoms with Gasteiger partial charge in [-0.15, -0.1) is 9.24 Å². The Labute approximate surface area is 326 Å². The first-order valence-corrected chi connectivity index (χ1v) is 19.6. The number of carboxylic acid groups (broad SMARTS) is 1. The molecule has 3 unspecified atom stereocenters. The third kappa shape index (κ3) is 22.8. The lowest BCUT2D eigenvalue weighted by Gasteiger charge is -2.23. The van der Waals surface area contributed by atoms with Gasteiger partial charge >= 0.3 is 5.97 Å². The normalized spacial score (nSPS) is 11.8. The minimum Gasteiger partial charge on any atom is -0.505 e. The van der Waals surface area contributed by atoms with Crippen LogP contribution in [0.3, 0.4) is 0 Å². The summed E-state index contributed by atoms with van der Waals surface area (Å²) in [6, 6.07) is 7.84. The van der Waals surface area contributed by atoms with Crippen LogP contribution in [-0.2, 0) is 15.0 Å². The van der Waals surface area contributed by atoms with Gasteiger partial charge in [-0.05, 0) is 79.4 Å². The standard InChI is InChI=1S/C23H31ClNOP.C9H16O2.C5H10O.C4H10.C4H6/c1-7-11-23(5,6)12-10-18-21(26)16(22(2,3)4)14-19(25-18)15-8-9-17(24)20(27)13-15;1-5-7(4)8(6(2)3)9(10)11;1-3-5(2)4-6;2*1-3-4-2/h8-10,12-14,26H,7,11,27H2,1-6H3;7H,5H2,1-4H3,(H,10,11);4-5H,3H2,1-2H3;3-4H2,1-2H3;3-4H,1-2H2/b12-10+;;;;. The first-order valence-electron chi connectivity index (χ1n) is 18.7. The number of hydrogen-bond acceptors (Lipinski definition) is 4. The summed E-state index contributed by atoms with van der Waals surface area (Å²) in [6.45, 7) is 35.5. The van der Waals surface area contributed by atoms with E-state index in [0.717, 1.165) is 59.7 Å². The number of carboxylic acids is 1. The van der Waals surface area contributed by atoms with Crippen LogP contribution >= 0.6 is 20.8 Å². The summed E-state index contributed by atoms with van der Waals surface area (Å²) in [5.41, 5.74) is 4.67. The number of benzene rings is 1.